The molecular formula is C25H28N2O2. The molecule has 1 heterocycles. The molecule has 4 heteroatoms. The van der Waals surface area contributed by atoms with Crippen molar-refractivity contribution in [2.45, 2.75) is 47.6 Å². The van der Waals surface area contributed by atoms with Gasteiger partial charge in [0.1, 0.15) is 0 Å². The standard InChI is InChI=1S/C25H28N2O2/c1-6-19-7-9-20(10-8-19)21-12-15(2)18(5)22(13-21)24(28)26-14-23-16(3)11-17(4)27-25(23)29/h7-13H,6,14H2,1-5H3,(H,26,28)(H,27,29). The van der Waals surface area contributed by atoms with Crippen LogP contribution in [0.15, 0.2) is 47.3 Å². The van der Waals surface area contributed by atoms with Gasteiger partial charge in [-0.1, -0.05) is 37.3 Å². The van der Waals surface area contributed by atoms with Crippen LogP contribution in [0.4, 0.5) is 0 Å². The van der Waals surface area contributed by atoms with Crippen LogP contribution in [0.5, 0.6) is 0 Å². The molecule has 0 aliphatic rings. The number of H-pyrrole nitrogens is 1. The van der Waals surface area contributed by atoms with Crippen LogP contribution < -0.4 is 10.9 Å². The lowest BCUT2D eigenvalue weighted by atomic mass is 9.94. The van der Waals surface area contributed by atoms with E-state index in [1.807, 2.05) is 39.8 Å². The monoisotopic (exact) mass is 388 g/mol. The van der Waals surface area contributed by atoms with Gasteiger partial charge in [-0.3, -0.25) is 9.59 Å². The molecule has 1 aromatic heterocycles. The number of hydrogen-bond donors (Lipinski definition) is 2. The molecule has 0 spiro atoms. The Morgan fingerprint density at radius 2 is 1.62 bits per heavy atom. The maximum Gasteiger partial charge on any atom is 0.253 e. The first-order valence-corrected chi connectivity index (χ1v) is 9.98. The topological polar surface area (TPSA) is 62.0 Å². The van der Waals surface area contributed by atoms with Gasteiger partial charge in [0.05, 0.1) is 0 Å². The van der Waals surface area contributed by atoms with E-state index >= 15 is 0 Å². The van der Waals surface area contributed by atoms with Gasteiger partial charge in [-0.15, -0.1) is 0 Å². The van der Waals surface area contributed by atoms with E-state index in [-0.39, 0.29) is 18.0 Å². The number of carbonyl (C=O) groups excluding carboxylic acids is 1. The molecule has 29 heavy (non-hydrogen) atoms. The molecule has 0 saturated heterocycles. The zero-order valence-corrected chi connectivity index (χ0v) is 17.8. The molecule has 0 unspecified atom stereocenters. The summed E-state index contributed by atoms with van der Waals surface area (Å²) in [6.45, 7) is 10.0. The van der Waals surface area contributed by atoms with Gasteiger partial charge in [0.25, 0.3) is 11.5 Å². The van der Waals surface area contributed by atoms with Crippen molar-refractivity contribution in [3.63, 3.8) is 0 Å². The predicted molar refractivity (Wildman–Crippen MR) is 118 cm³/mol. The summed E-state index contributed by atoms with van der Waals surface area (Å²) in [6, 6.07) is 14.4. The summed E-state index contributed by atoms with van der Waals surface area (Å²) in [7, 11) is 0. The van der Waals surface area contributed by atoms with E-state index in [1.54, 1.807) is 0 Å². The zero-order chi connectivity index (χ0) is 21.1. The number of aromatic amines is 1. The summed E-state index contributed by atoms with van der Waals surface area (Å²) >= 11 is 0. The van der Waals surface area contributed by atoms with Gasteiger partial charge in [0, 0.05) is 23.4 Å². The van der Waals surface area contributed by atoms with E-state index in [1.165, 1.54) is 5.56 Å². The molecule has 150 valence electrons. The SMILES string of the molecule is CCc1ccc(-c2cc(C)c(C)c(C(=O)NCc3c(C)cc(C)[nH]c3=O)c2)cc1. The Morgan fingerprint density at radius 3 is 2.24 bits per heavy atom. The number of hydrogen-bond acceptors (Lipinski definition) is 2. The average molecular weight is 389 g/mol. The van der Waals surface area contributed by atoms with E-state index in [9.17, 15) is 9.59 Å². The van der Waals surface area contributed by atoms with Crippen LogP contribution in [0.25, 0.3) is 11.1 Å². The molecule has 4 nitrogen and oxygen atoms in total. The Balaban J connectivity index is 1.88. The van der Waals surface area contributed by atoms with Crippen molar-refractivity contribution in [1.82, 2.24) is 10.3 Å². The van der Waals surface area contributed by atoms with Gasteiger partial charge < -0.3 is 10.3 Å². The van der Waals surface area contributed by atoms with E-state index in [2.05, 4.69) is 47.6 Å². The van der Waals surface area contributed by atoms with Crippen LogP contribution in [0.3, 0.4) is 0 Å². The molecule has 3 aromatic rings. The molecule has 0 aliphatic carbocycles. The summed E-state index contributed by atoms with van der Waals surface area (Å²) in [5, 5.41) is 2.92. The van der Waals surface area contributed by atoms with E-state index < -0.39 is 0 Å². The van der Waals surface area contributed by atoms with E-state index in [0.29, 0.717) is 11.1 Å². The molecular weight excluding hydrogens is 360 g/mol. The average Bonchev–Trinajstić information content (AvgIpc) is 2.69. The first kappa shape index (κ1) is 20.6. The summed E-state index contributed by atoms with van der Waals surface area (Å²) in [5.74, 6) is -0.169. The van der Waals surface area contributed by atoms with Crippen LogP contribution in [0.2, 0.25) is 0 Å². The first-order chi connectivity index (χ1) is 13.8. The lowest BCUT2D eigenvalue weighted by molar-refractivity contribution is 0.0950. The first-order valence-electron chi connectivity index (χ1n) is 9.98. The number of aromatic nitrogens is 1. The van der Waals surface area contributed by atoms with Crippen LogP contribution in [-0.2, 0) is 13.0 Å². The van der Waals surface area contributed by atoms with E-state index in [0.717, 1.165) is 39.9 Å². The van der Waals surface area contributed by atoms with Crippen molar-refractivity contribution in [1.29, 1.82) is 0 Å². The highest BCUT2D eigenvalue weighted by molar-refractivity contribution is 5.97. The number of nitrogens with one attached hydrogen (secondary N) is 2. The lowest BCUT2D eigenvalue weighted by Gasteiger charge is -2.14. The second-order valence-corrected chi connectivity index (χ2v) is 7.64. The third-order valence-corrected chi connectivity index (χ3v) is 5.53. The fraction of sp³-hybridized carbons (Fsp3) is 0.280. The summed E-state index contributed by atoms with van der Waals surface area (Å²) < 4.78 is 0. The van der Waals surface area contributed by atoms with Gasteiger partial charge in [0.2, 0.25) is 0 Å². The Labute approximate surface area is 172 Å². The van der Waals surface area contributed by atoms with Crippen LogP contribution >= 0.6 is 0 Å². The van der Waals surface area contributed by atoms with Crippen molar-refractivity contribution < 1.29 is 4.79 Å². The van der Waals surface area contributed by atoms with Crippen molar-refractivity contribution in [2.24, 2.45) is 0 Å². The fourth-order valence-corrected chi connectivity index (χ4v) is 3.56. The quantitative estimate of drug-likeness (QED) is 0.661. The summed E-state index contributed by atoms with van der Waals surface area (Å²) in [6.07, 6.45) is 0.998. The van der Waals surface area contributed by atoms with Gasteiger partial charge in [0.15, 0.2) is 0 Å². The lowest BCUT2D eigenvalue weighted by Crippen LogP contribution is -2.28. The molecule has 0 atom stereocenters. The van der Waals surface area contributed by atoms with Crippen molar-refractivity contribution >= 4 is 5.91 Å². The Morgan fingerprint density at radius 1 is 0.931 bits per heavy atom. The highest BCUT2D eigenvalue weighted by Crippen LogP contribution is 2.26. The smallest absolute Gasteiger partial charge is 0.253 e. The largest absolute Gasteiger partial charge is 0.348 e. The number of carbonyl (C=O) groups is 1. The van der Waals surface area contributed by atoms with Gasteiger partial charge in [-0.25, -0.2) is 0 Å². The van der Waals surface area contributed by atoms with Crippen LogP contribution in [0, 0.1) is 27.7 Å². The minimum Gasteiger partial charge on any atom is -0.348 e. The molecule has 0 radical (unpaired) electrons. The zero-order valence-electron chi connectivity index (χ0n) is 17.8. The molecule has 0 saturated carbocycles. The fourth-order valence-electron chi connectivity index (χ4n) is 3.56. The Kier molecular flexibility index (Phi) is 6.02. The minimum absolute atomic E-state index is 0.152. The summed E-state index contributed by atoms with van der Waals surface area (Å²) in [5.41, 5.74) is 8.18. The molecule has 2 aromatic carbocycles. The van der Waals surface area contributed by atoms with Crippen molar-refractivity contribution in [2.75, 3.05) is 0 Å². The Bertz CT molecular complexity index is 1110. The Hall–Kier alpha value is -3.14. The number of pyridine rings is 1. The summed E-state index contributed by atoms with van der Waals surface area (Å²) in [4.78, 5) is 28.0. The van der Waals surface area contributed by atoms with E-state index in [4.69, 9.17) is 0 Å². The second kappa shape index (κ2) is 8.48. The van der Waals surface area contributed by atoms with Crippen LogP contribution in [0.1, 0.15) is 50.8 Å². The predicted octanol–water partition coefficient (Wildman–Crippen LogP) is 4.77. The molecule has 0 aliphatic heterocycles. The maximum absolute atomic E-state index is 12.9. The number of benzene rings is 2. The highest BCUT2D eigenvalue weighted by Gasteiger charge is 2.14. The molecule has 0 bridgehead atoms. The van der Waals surface area contributed by atoms with Crippen molar-refractivity contribution in [3.8, 4) is 11.1 Å². The number of rotatable bonds is 5. The number of aryl methyl sites for hydroxylation is 4. The third-order valence-electron chi connectivity index (χ3n) is 5.53. The van der Waals surface area contributed by atoms with Gasteiger partial charge >= 0.3 is 0 Å². The molecule has 1 amide bonds. The van der Waals surface area contributed by atoms with Gasteiger partial charge in [-0.05, 0) is 79.6 Å². The molecule has 2 N–H and O–H groups in total. The second-order valence-electron chi connectivity index (χ2n) is 7.64. The molecule has 0 fully saturated rings. The van der Waals surface area contributed by atoms with Gasteiger partial charge in [-0.2, -0.15) is 0 Å². The minimum atomic E-state index is -0.169. The molecule has 3 rings (SSSR count). The number of amides is 1. The normalized spacial score (nSPS) is 10.8. The highest BCUT2D eigenvalue weighted by atomic mass is 16.1. The van der Waals surface area contributed by atoms with Crippen LogP contribution in [-0.4, -0.2) is 10.9 Å². The van der Waals surface area contributed by atoms with Crippen molar-refractivity contribution in [3.05, 3.63) is 91.9 Å². The third kappa shape index (κ3) is 4.48. The maximum atomic E-state index is 12.9.